The van der Waals surface area contributed by atoms with Gasteiger partial charge < -0.3 is 5.73 Å². The molecule has 0 fully saturated rings. The zero-order valence-corrected chi connectivity index (χ0v) is 7.68. The van der Waals surface area contributed by atoms with Crippen LogP contribution in [0.5, 0.6) is 0 Å². The lowest BCUT2D eigenvalue weighted by Gasteiger charge is -2.06. The van der Waals surface area contributed by atoms with Crippen LogP contribution in [0.4, 0.5) is 0 Å². The Kier molecular flexibility index (Phi) is 3.48. The van der Waals surface area contributed by atoms with E-state index < -0.39 is 0 Å². The minimum atomic E-state index is -0.325. The van der Waals surface area contributed by atoms with Gasteiger partial charge in [-0.1, -0.05) is 12.5 Å². The second-order valence-corrected chi connectivity index (χ2v) is 3.48. The fourth-order valence-electron chi connectivity index (χ4n) is 1.53. The summed E-state index contributed by atoms with van der Waals surface area (Å²) in [6.45, 7) is 1.76. The van der Waals surface area contributed by atoms with E-state index in [0.717, 1.165) is 24.8 Å². The smallest absolute Gasteiger partial charge is 0.174 e. The number of Topliss-reactive ketones (excluding diaryl/α,β-unsaturated/α-hetero) is 1. The summed E-state index contributed by atoms with van der Waals surface area (Å²) >= 11 is 0. The van der Waals surface area contributed by atoms with Crippen LogP contribution in [-0.4, -0.2) is 11.8 Å². The molecule has 0 aromatic heterocycles. The van der Waals surface area contributed by atoms with Crippen molar-refractivity contribution in [1.29, 1.82) is 0 Å². The second kappa shape index (κ2) is 4.41. The maximum atomic E-state index is 11.5. The van der Waals surface area contributed by atoms with E-state index in [-0.39, 0.29) is 11.8 Å². The number of hydrogen-bond donors (Lipinski definition) is 1. The van der Waals surface area contributed by atoms with Crippen LogP contribution in [0, 0.1) is 0 Å². The number of hydrogen-bond acceptors (Lipinski definition) is 2. The van der Waals surface area contributed by atoms with Crippen LogP contribution < -0.4 is 5.73 Å². The molecule has 0 heterocycles. The number of ketones is 1. The Bertz CT molecular complexity index is 194. The lowest BCUT2D eigenvalue weighted by Crippen LogP contribution is -2.27. The molecule has 1 unspecified atom stereocenters. The van der Waals surface area contributed by atoms with Crippen LogP contribution in [0.25, 0.3) is 0 Å². The first-order valence-electron chi connectivity index (χ1n) is 4.70. The van der Waals surface area contributed by atoms with Gasteiger partial charge in [0, 0.05) is 0 Å². The van der Waals surface area contributed by atoms with Gasteiger partial charge in [-0.05, 0) is 38.2 Å². The third-order valence-corrected chi connectivity index (χ3v) is 2.27. The highest BCUT2D eigenvalue weighted by atomic mass is 16.1. The second-order valence-electron chi connectivity index (χ2n) is 3.48. The number of rotatable bonds is 2. The first-order valence-corrected chi connectivity index (χ1v) is 4.70. The maximum absolute atomic E-state index is 11.5. The van der Waals surface area contributed by atoms with Crippen LogP contribution in [0.15, 0.2) is 11.6 Å². The van der Waals surface area contributed by atoms with Crippen molar-refractivity contribution in [2.24, 2.45) is 5.73 Å². The van der Waals surface area contributed by atoms with E-state index in [1.165, 1.54) is 12.8 Å². The van der Waals surface area contributed by atoms with Crippen molar-refractivity contribution >= 4 is 5.78 Å². The summed E-state index contributed by atoms with van der Waals surface area (Å²) in [7, 11) is 0. The van der Waals surface area contributed by atoms with Crippen molar-refractivity contribution < 1.29 is 4.79 Å². The molecule has 0 aromatic carbocycles. The molecule has 0 saturated heterocycles. The molecule has 1 aliphatic rings. The van der Waals surface area contributed by atoms with Crippen LogP contribution >= 0.6 is 0 Å². The van der Waals surface area contributed by atoms with Gasteiger partial charge in [-0.25, -0.2) is 0 Å². The quantitative estimate of drug-likeness (QED) is 0.681. The summed E-state index contributed by atoms with van der Waals surface area (Å²) in [5.74, 6) is 0.136. The van der Waals surface area contributed by atoms with E-state index >= 15 is 0 Å². The van der Waals surface area contributed by atoms with E-state index in [0.29, 0.717) is 0 Å². The van der Waals surface area contributed by atoms with Crippen molar-refractivity contribution in [2.45, 2.75) is 45.1 Å². The molecule has 2 N–H and O–H groups in total. The van der Waals surface area contributed by atoms with Crippen LogP contribution in [0.1, 0.15) is 39.0 Å². The topological polar surface area (TPSA) is 43.1 Å². The number of allylic oxidation sites excluding steroid dienone is 1. The minimum absolute atomic E-state index is 0.136. The zero-order chi connectivity index (χ0) is 8.97. The fourth-order valence-corrected chi connectivity index (χ4v) is 1.53. The molecule has 1 atom stereocenters. The molecular weight excluding hydrogens is 150 g/mol. The van der Waals surface area contributed by atoms with Crippen molar-refractivity contribution in [3.63, 3.8) is 0 Å². The average Bonchev–Trinajstić information content (AvgIpc) is 2.30. The van der Waals surface area contributed by atoms with E-state index in [9.17, 15) is 4.79 Å². The Labute approximate surface area is 73.8 Å². The van der Waals surface area contributed by atoms with E-state index in [2.05, 4.69) is 6.08 Å². The lowest BCUT2D eigenvalue weighted by molar-refractivity contribution is -0.116. The largest absolute Gasteiger partial charge is 0.321 e. The molecule has 0 spiro atoms. The molecule has 0 radical (unpaired) electrons. The first-order chi connectivity index (χ1) is 5.72. The molecule has 12 heavy (non-hydrogen) atoms. The van der Waals surface area contributed by atoms with Gasteiger partial charge in [0.15, 0.2) is 5.78 Å². The van der Waals surface area contributed by atoms with Gasteiger partial charge in [-0.3, -0.25) is 4.79 Å². The zero-order valence-electron chi connectivity index (χ0n) is 7.68. The summed E-state index contributed by atoms with van der Waals surface area (Å²) in [5.41, 5.74) is 6.49. The highest BCUT2D eigenvalue weighted by Crippen LogP contribution is 2.18. The molecule has 0 saturated carbocycles. The molecule has 68 valence electrons. The molecule has 2 nitrogen and oxygen atoms in total. The summed E-state index contributed by atoms with van der Waals surface area (Å²) in [5, 5.41) is 0. The Morgan fingerprint density at radius 3 is 2.92 bits per heavy atom. The molecule has 0 aromatic rings. The summed E-state index contributed by atoms with van der Waals surface area (Å²) < 4.78 is 0. The molecule has 0 aliphatic heterocycles. The Morgan fingerprint density at radius 2 is 2.25 bits per heavy atom. The monoisotopic (exact) mass is 167 g/mol. The third-order valence-electron chi connectivity index (χ3n) is 2.27. The average molecular weight is 167 g/mol. The van der Waals surface area contributed by atoms with Gasteiger partial charge in [-0.2, -0.15) is 0 Å². The molecule has 0 amide bonds. The molecular formula is C10H17NO. The van der Waals surface area contributed by atoms with Crippen molar-refractivity contribution in [3.8, 4) is 0 Å². The van der Waals surface area contributed by atoms with Crippen molar-refractivity contribution in [2.75, 3.05) is 0 Å². The first kappa shape index (κ1) is 9.46. The lowest BCUT2D eigenvalue weighted by atomic mass is 10.0. The third kappa shape index (κ3) is 2.45. The predicted molar refractivity (Wildman–Crippen MR) is 49.8 cm³/mol. The van der Waals surface area contributed by atoms with Crippen molar-refractivity contribution in [3.05, 3.63) is 11.6 Å². The molecule has 1 rings (SSSR count). The summed E-state index contributed by atoms with van der Waals surface area (Å²) in [4.78, 5) is 11.5. The SMILES string of the molecule is CC(N)C(=O)C1=CCCCCC1. The number of carbonyl (C=O) groups is 1. The van der Waals surface area contributed by atoms with Gasteiger partial charge >= 0.3 is 0 Å². The van der Waals surface area contributed by atoms with Gasteiger partial charge in [0.1, 0.15) is 0 Å². The molecule has 2 heteroatoms. The van der Waals surface area contributed by atoms with E-state index in [4.69, 9.17) is 5.73 Å². The standard InChI is InChI=1S/C10H17NO/c1-8(11)10(12)9-6-4-2-3-5-7-9/h6,8H,2-5,7,11H2,1H3. The molecule has 1 aliphatic carbocycles. The fraction of sp³-hybridized carbons (Fsp3) is 0.700. The normalized spacial score (nSPS) is 21.0. The summed E-state index contributed by atoms with van der Waals surface area (Å²) in [6, 6.07) is -0.325. The highest BCUT2D eigenvalue weighted by molar-refractivity contribution is 5.98. The summed E-state index contributed by atoms with van der Waals surface area (Å²) in [6.07, 6.45) is 7.65. The maximum Gasteiger partial charge on any atom is 0.174 e. The Hall–Kier alpha value is -0.630. The van der Waals surface area contributed by atoms with E-state index in [1.54, 1.807) is 6.92 Å². The van der Waals surface area contributed by atoms with Gasteiger partial charge in [0.2, 0.25) is 0 Å². The minimum Gasteiger partial charge on any atom is -0.321 e. The van der Waals surface area contributed by atoms with Crippen LogP contribution in [0.2, 0.25) is 0 Å². The molecule has 0 bridgehead atoms. The Balaban J connectivity index is 2.59. The van der Waals surface area contributed by atoms with Gasteiger partial charge in [0.25, 0.3) is 0 Å². The van der Waals surface area contributed by atoms with Gasteiger partial charge in [-0.15, -0.1) is 0 Å². The Morgan fingerprint density at radius 1 is 1.50 bits per heavy atom. The van der Waals surface area contributed by atoms with E-state index in [1.807, 2.05) is 0 Å². The van der Waals surface area contributed by atoms with Crippen LogP contribution in [0.3, 0.4) is 0 Å². The highest BCUT2D eigenvalue weighted by Gasteiger charge is 2.14. The number of nitrogens with two attached hydrogens (primary N) is 1. The predicted octanol–water partition coefficient (Wildman–Crippen LogP) is 1.79. The van der Waals surface area contributed by atoms with Crippen LogP contribution in [-0.2, 0) is 4.79 Å². The van der Waals surface area contributed by atoms with Crippen molar-refractivity contribution in [1.82, 2.24) is 0 Å². The van der Waals surface area contributed by atoms with Gasteiger partial charge in [0.05, 0.1) is 6.04 Å². The number of carbonyl (C=O) groups excluding carboxylic acids is 1.